The smallest absolute Gasteiger partial charge is 0.221 e. The molecule has 2 fully saturated rings. The van der Waals surface area contributed by atoms with E-state index < -0.39 is 0 Å². The highest BCUT2D eigenvalue weighted by Gasteiger charge is 2.29. The van der Waals surface area contributed by atoms with Crippen LogP contribution in [0, 0.1) is 5.41 Å². The molecule has 0 radical (unpaired) electrons. The van der Waals surface area contributed by atoms with Crippen LogP contribution < -0.4 is 10.6 Å². The fourth-order valence-corrected chi connectivity index (χ4v) is 3.11. The van der Waals surface area contributed by atoms with E-state index in [-0.39, 0.29) is 5.91 Å². The topological polar surface area (TPSA) is 41.1 Å². The summed E-state index contributed by atoms with van der Waals surface area (Å²) in [6, 6.07) is 0.417. The molecule has 2 N–H and O–H groups in total. The summed E-state index contributed by atoms with van der Waals surface area (Å²) in [5, 5.41) is 6.56. The zero-order chi connectivity index (χ0) is 12.1. The molecule has 1 unspecified atom stereocenters. The maximum absolute atomic E-state index is 11.9. The van der Waals surface area contributed by atoms with Crippen LogP contribution in [-0.2, 0) is 4.79 Å². The first-order chi connectivity index (χ1) is 8.18. The number of carbonyl (C=O) groups excluding carboxylic acids is 1. The Labute approximate surface area is 105 Å². The summed E-state index contributed by atoms with van der Waals surface area (Å²) in [5.41, 5.74) is 0.371. The summed E-state index contributed by atoms with van der Waals surface area (Å²) in [6.07, 6.45) is 9.55. The van der Waals surface area contributed by atoms with Crippen molar-refractivity contribution in [1.82, 2.24) is 10.6 Å². The van der Waals surface area contributed by atoms with Crippen molar-refractivity contribution < 1.29 is 4.79 Å². The lowest BCUT2D eigenvalue weighted by molar-refractivity contribution is -0.122. The fraction of sp³-hybridized carbons (Fsp3) is 0.929. The predicted octanol–water partition coefficient (Wildman–Crippen LogP) is 2.22. The highest BCUT2D eigenvalue weighted by Crippen LogP contribution is 2.36. The molecule has 1 atom stereocenters. The fourth-order valence-electron chi connectivity index (χ4n) is 3.11. The van der Waals surface area contributed by atoms with Gasteiger partial charge in [-0.1, -0.05) is 26.2 Å². The molecule has 1 aliphatic heterocycles. The minimum atomic E-state index is 0.234. The van der Waals surface area contributed by atoms with Gasteiger partial charge < -0.3 is 10.6 Å². The first kappa shape index (κ1) is 12.9. The van der Waals surface area contributed by atoms with Crippen LogP contribution in [0.3, 0.4) is 0 Å². The van der Waals surface area contributed by atoms with Crippen molar-refractivity contribution in [3.05, 3.63) is 0 Å². The van der Waals surface area contributed by atoms with Gasteiger partial charge in [-0.3, -0.25) is 4.79 Å². The molecule has 1 aliphatic carbocycles. The summed E-state index contributed by atoms with van der Waals surface area (Å²) < 4.78 is 0. The van der Waals surface area contributed by atoms with Crippen molar-refractivity contribution in [2.45, 2.75) is 64.3 Å². The van der Waals surface area contributed by atoms with E-state index in [0.29, 0.717) is 17.9 Å². The van der Waals surface area contributed by atoms with Crippen molar-refractivity contribution in [3.63, 3.8) is 0 Å². The zero-order valence-electron chi connectivity index (χ0n) is 11.1. The highest BCUT2D eigenvalue weighted by atomic mass is 16.1. The van der Waals surface area contributed by atoms with Gasteiger partial charge >= 0.3 is 0 Å². The van der Waals surface area contributed by atoms with Gasteiger partial charge in [0.15, 0.2) is 0 Å². The van der Waals surface area contributed by atoms with Crippen LogP contribution in [-0.4, -0.2) is 25.0 Å². The Kier molecular flexibility index (Phi) is 4.43. The van der Waals surface area contributed by atoms with E-state index in [1.165, 1.54) is 38.5 Å². The van der Waals surface area contributed by atoms with Crippen LogP contribution in [0.1, 0.15) is 58.3 Å². The van der Waals surface area contributed by atoms with Gasteiger partial charge in [0, 0.05) is 19.0 Å². The zero-order valence-corrected chi connectivity index (χ0v) is 11.1. The van der Waals surface area contributed by atoms with Crippen molar-refractivity contribution >= 4 is 5.91 Å². The van der Waals surface area contributed by atoms with Gasteiger partial charge in [0.25, 0.3) is 0 Å². The number of piperidine rings is 1. The minimum absolute atomic E-state index is 0.234. The molecule has 0 aromatic carbocycles. The Morgan fingerprint density at radius 2 is 2.06 bits per heavy atom. The Balaban J connectivity index is 1.66. The molecule has 2 rings (SSSR count). The average molecular weight is 238 g/mol. The number of rotatable bonds is 4. The molecule has 3 nitrogen and oxygen atoms in total. The molecule has 0 aromatic heterocycles. The van der Waals surface area contributed by atoms with Crippen LogP contribution in [0.4, 0.5) is 0 Å². The molecule has 1 saturated heterocycles. The number of carbonyl (C=O) groups is 1. The molecule has 1 heterocycles. The number of amides is 1. The van der Waals surface area contributed by atoms with Crippen LogP contribution in [0.5, 0.6) is 0 Å². The van der Waals surface area contributed by atoms with E-state index in [1.54, 1.807) is 0 Å². The van der Waals surface area contributed by atoms with Gasteiger partial charge in [-0.25, -0.2) is 0 Å². The molecule has 3 heteroatoms. The summed E-state index contributed by atoms with van der Waals surface area (Å²) >= 11 is 0. The molecule has 1 amide bonds. The van der Waals surface area contributed by atoms with Crippen molar-refractivity contribution in [3.8, 4) is 0 Å². The first-order valence-electron chi connectivity index (χ1n) is 7.18. The molecule has 98 valence electrons. The van der Waals surface area contributed by atoms with Crippen LogP contribution in [0.2, 0.25) is 0 Å². The molecular weight excluding hydrogens is 212 g/mol. The number of hydrogen-bond acceptors (Lipinski definition) is 2. The third-order valence-corrected chi connectivity index (χ3v) is 4.37. The summed E-state index contributed by atoms with van der Waals surface area (Å²) in [6.45, 7) is 4.26. The standard InChI is InChI=1S/C14H26N2O/c1-14(7-3-4-8-14)11-16-13(17)10-12-6-2-5-9-15-12/h12,15H,2-11H2,1H3,(H,16,17). The Bertz CT molecular complexity index is 253. The Hall–Kier alpha value is -0.570. The molecule has 2 aliphatic rings. The maximum atomic E-state index is 11.9. The second-order valence-electron chi connectivity index (χ2n) is 6.15. The number of nitrogens with one attached hydrogen (secondary N) is 2. The van der Waals surface area contributed by atoms with Crippen molar-refractivity contribution in [1.29, 1.82) is 0 Å². The van der Waals surface area contributed by atoms with Crippen LogP contribution in [0.25, 0.3) is 0 Å². The normalized spacial score (nSPS) is 27.9. The first-order valence-corrected chi connectivity index (χ1v) is 7.18. The van der Waals surface area contributed by atoms with Gasteiger partial charge in [0.1, 0.15) is 0 Å². The number of hydrogen-bond donors (Lipinski definition) is 2. The van der Waals surface area contributed by atoms with Gasteiger partial charge in [-0.05, 0) is 37.6 Å². The summed E-state index contributed by atoms with van der Waals surface area (Å²) in [4.78, 5) is 11.9. The molecule has 0 bridgehead atoms. The molecular formula is C14H26N2O. The third kappa shape index (κ3) is 3.98. The lowest BCUT2D eigenvalue weighted by Crippen LogP contribution is -2.41. The Morgan fingerprint density at radius 1 is 1.29 bits per heavy atom. The second-order valence-corrected chi connectivity index (χ2v) is 6.15. The van der Waals surface area contributed by atoms with Crippen LogP contribution in [0.15, 0.2) is 0 Å². The maximum Gasteiger partial charge on any atom is 0.221 e. The average Bonchev–Trinajstić information content (AvgIpc) is 2.76. The highest BCUT2D eigenvalue weighted by molar-refractivity contribution is 5.76. The van der Waals surface area contributed by atoms with E-state index in [2.05, 4.69) is 17.6 Å². The van der Waals surface area contributed by atoms with E-state index in [4.69, 9.17) is 0 Å². The molecule has 0 aromatic rings. The summed E-state index contributed by atoms with van der Waals surface area (Å²) in [5.74, 6) is 0.234. The van der Waals surface area contributed by atoms with Gasteiger partial charge in [-0.15, -0.1) is 0 Å². The lowest BCUT2D eigenvalue weighted by Gasteiger charge is -2.26. The minimum Gasteiger partial charge on any atom is -0.356 e. The largest absolute Gasteiger partial charge is 0.356 e. The molecule has 1 saturated carbocycles. The SMILES string of the molecule is CC1(CNC(=O)CC2CCCCN2)CCCC1. The monoisotopic (exact) mass is 238 g/mol. The second kappa shape index (κ2) is 5.85. The lowest BCUT2D eigenvalue weighted by atomic mass is 9.89. The van der Waals surface area contributed by atoms with Crippen LogP contribution >= 0.6 is 0 Å². The van der Waals surface area contributed by atoms with Crippen molar-refractivity contribution in [2.24, 2.45) is 5.41 Å². The van der Waals surface area contributed by atoms with E-state index in [9.17, 15) is 4.79 Å². The third-order valence-electron chi connectivity index (χ3n) is 4.37. The van der Waals surface area contributed by atoms with Gasteiger partial charge in [0.2, 0.25) is 5.91 Å². The molecule has 17 heavy (non-hydrogen) atoms. The van der Waals surface area contributed by atoms with E-state index >= 15 is 0 Å². The molecule has 0 spiro atoms. The van der Waals surface area contributed by atoms with Gasteiger partial charge in [-0.2, -0.15) is 0 Å². The Morgan fingerprint density at radius 3 is 2.71 bits per heavy atom. The quantitative estimate of drug-likeness (QED) is 0.788. The van der Waals surface area contributed by atoms with E-state index in [0.717, 1.165) is 19.5 Å². The predicted molar refractivity (Wildman–Crippen MR) is 69.8 cm³/mol. The summed E-state index contributed by atoms with van der Waals surface area (Å²) in [7, 11) is 0. The van der Waals surface area contributed by atoms with Crippen molar-refractivity contribution in [2.75, 3.05) is 13.1 Å². The van der Waals surface area contributed by atoms with Gasteiger partial charge in [0.05, 0.1) is 0 Å². The van der Waals surface area contributed by atoms with E-state index in [1.807, 2.05) is 0 Å².